The number of ketones is 1. The van der Waals surface area contributed by atoms with E-state index in [0.29, 0.717) is 11.7 Å². The van der Waals surface area contributed by atoms with E-state index in [9.17, 15) is 4.79 Å². The molecule has 3 atom stereocenters. The Morgan fingerprint density at radius 3 is 2.81 bits per heavy atom. The van der Waals surface area contributed by atoms with E-state index in [2.05, 4.69) is 41.6 Å². The summed E-state index contributed by atoms with van der Waals surface area (Å²) in [6.45, 7) is 9.66. The van der Waals surface area contributed by atoms with Gasteiger partial charge in [-0.1, -0.05) is 27.2 Å². The number of halogens is 1. The minimum Gasteiger partial charge on any atom is -0.492 e. The molecule has 2 aliphatic carbocycles. The maximum Gasteiger partial charge on any atom is 0.180 e. The fourth-order valence-corrected chi connectivity index (χ4v) is 5.82. The molecule has 1 aromatic rings. The molecule has 142 valence electrons. The van der Waals surface area contributed by atoms with Crippen LogP contribution in [0.15, 0.2) is 16.6 Å². The molecule has 1 aliphatic heterocycles. The normalized spacial score (nSPS) is 31.0. The lowest BCUT2D eigenvalue weighted by molar-refractivity contribution is 0.0262. The second-order valence-electron chi connectivity index (χ2n) is 8.71. The number of likely N-dealkylation sites (tertiary alicyclic amines) is 1. The summed E-state index contributed by atoms with van der Waals surface area (Å²) in [5, 5.41) is 0. The number of rotatable bonds is 6. The maximum atomic E-state index is 13.4. The number of carbonyl (C=O) groups is 1. The first-order chi connectivity index (χ1) is 12.5. The Hall–Kier alpha value is -0.870. The van der Waals surface area contributed by atoms with Crippen molar-refractivity contribution in [3.63, 3.8) is 0 Å². The molecule has 1 saturated heterocycles. The Morgan fingerprint density at radius 2 is 2.12 bits per heavy atom. The number of Topliss-reactive ketones (excluding diaryl/α,β-unsaturated/α-hetero) is 1. The molecule has 2 fully saturated rings. The molecule has 0 amide bonds. The van der Waals surface area contributed by atoms with Crippen molar-refractivity contribution in [2.45, 2.75) is 64.3 Å². The second-order valence-corrected chi connectivity index (χ2v) is 9.50. The van der Waals surface area contributed by atoms with Gasteiger partial charge in [-0.05, 0) is 77.7 Å². The Balaban J connectivity index is 1.71. The third-order valence-corrected chi connectivity index (χ3v) is 7.73. The number of fused-ring (bicyclic) bond motifs is 4. The molecule has 1 aromatic carbocycles. The van der Waals surface area contributed by atoms with Crippen molar-refractivity contribution in [3.8, 4) is 5.75 Å². The molecule has 26 heavy (non-hydrogen) atoms. The molecule has 4 rings (SSSR count). The topological polar surface area (TPSA) is 29.5 Å². The van der Waals surface area contributed by atoms with Crippen molar-refractivity contribution >= 4 is 21.7 Å². The van der Waals surface area contributed by atoms with Gasteiger partial charge in [-0.15, -0.1) is 0 Å². The molecule has 0 spiro atoms. The number of carbonyl (C=O) groups excluding carboxylic acids is 1. The fourth-order valence-electron chi connectivity index (χ4n) is 4.91. The van der Waals surface area contributed by atoms with E-state index in [0.717, 1.165) is 60.7 Å². The highest BCUT2D eigenvalue weighted by molar-refractivity contribution is 9.10. The lowest BCUT2D eigenvalue weighted by atomic mass is 9.58. The highest BCUT2D eigenvalue weighted by atomic mass is 79.9. The summed E-state index contributed by atoms with van der Waals surface area (Å²) in [6.07, 6.45) is 5.95. The summed E-state index contributed by atoms with van der Waals surface area (Å²) < 4.78 is 7.01. The van der Waals surface area contributed by atoms with E-state index in [1.165, 1.54) is 18.4 Å². The average Bonchev–Trinajstić information content (AvgIpc) is 3.42. The molecule has 1 heterocycles. The van der Waals surface area contributed by atoms with Crippen molar-refractivity contribution in [1.29, 1.82) is 0 Å². The van der Waals surface area contributed by atoms with Crippen LogP contribution in [-0.4, -0.2) is 36.4 Å². The van der Waals surface area contributed by atoms with Crippen LogP contribution >= 0.6 is 15.9 Å². The van der Waals surface area contributed by atoms with Gasteiger partial charge < -0.3 is 4.74 Å². The van der Waals surface area contributed by atoms with E-state index < -0.39 is 0 Å². The lowest BCUT2D eigenvalue weighted by Gasteiger charge is -2.54. The van der Waals surface area contributed by atoms with Crippen LogP contribution in [0, 0.1) is 11.8 Å². The first-order valence-corrected chi connectivity index (χ1v) is 11.0. The van der Waals surface area contributed by atoms with Gasteiger partial charge in [0.25, 0.3) is 0 Å². The summed E-state index contributed by atoms with van der Waals surface area (Å²) in [5.74, 6) is 2.35. The number of unbranched alkanes of at least 4 members (excludes halogenated alkanes) is 1. The standard InChI is InChI=1S/C22H30BrNO2/c1-4-5-12-26-17-9-8-16-18(19(17)23)22(3)10-11-24(13-15-6-7-15)20(14(22)2)21(16)25/h8-9,14-15,20H,4-7,10-13H2,1-3H3/t14-,20-,22+/m0/s1. The van der Waals surface area contributed by atoms with Crippen molar-refractivity contribution in [1.82, 2.24) is 4.90 Å². The van der Waals surface area contributed by atoms with Crippen LogP contribution in [0.4, 0.5) is 0 Å². The predicted octanol–water partition coefficient (Wildman–Crippen LogP) is 5.20. The van der Waals surface area contributed by atoms with Gasteiger partial charge in [0.2, 0.25) is 0 Å². The average molecular weight is 420 g/mol. The van der Waals surface area contributed by atoms with Gasteiger partial charge in [0.1, 0.15) is 5.75 Å². The predicted molar refractivity (Wildman–Crippen MR) is 108 cm³/mol. The summed E-state index contributed by atoms with van der Waals surface area (Å²) in [6, 6.07) is 4.04. The third-order valence-electron chi connectivity index (χ3n) is 6.95. The van der Waals surface area contributed by atoms with Crippen molar-refractivity contribution in [2.75, 3.05) is 19.7 Å². The number of hydrogen-bond donors (Lipinski definition) is 0. The van der Waals surface area contributed by atoms with Crippen LogP contribution in [0.5, 0.6) is 5.75 Å². The third kappa shape index (κ3) is 2.93. The van der Waals surface area contributed by atoms with Crippen LogP contribution in [0.3, 0.4) is 0 Å². The zero-order chi connectivity index (χ0) is 18.5. The molecule has 1 saturated carbocycles. The Bertz CT molecular complexity index is 714. The largest absolute Gasteiger partial charge is 0.492 e. The van der Waals surface area contributed by atoms with Crippen molar-refractivity contribution in [3.05, 3.63) is 27.7 Å². The Labute approximate surface area is 165 Å². The number of hydrogen-bond acceptors (Lipinski definition) is 3. The first-order valence-electron chi connectivity index (χ1n) is 10.2. The van der Waals surface area contributed by atoms with Crippen LogP contribution in [-0.2, 0) is 5.41 Å². The van der Waals surface area contributed by atoms with Gasteiger partial charge in [-0.2, -0.15) is 0 Å². The molecule has 0 N–H and O–H groups in total. The Morgan fingerprint density at radius 1 is 1.35 bits per heavy atom. The molecule has 2 bridgehead atoms. The second kappa shape index (κ2) is 6.94. The van der Waals surface area contributed by atoms with Crippen LogP contribution in [0.1, 0.15) is 68.8 Å². The Kier molecular flexibility index (Phi) is 4.94. The number of piperidine rings is 1. The molecular weight excluding hydrogens is 390 g/mol. The highest BCUT2D eigenvalue weighted by Gasteiger charge is 2.53. The highest BCUT2D eigenvalue weighted by Crippen LogP contribution is 2.53. The SMILES string of the molecule is CCCCOc1ccc2c(c1Br)[C@]1(C)CCN(CC3CC3)[C@H](C2=O)[C@@H]1C. The molecule has 3 nitrogen and oxygen atoms in total. The molecule has 3 aliphatic rings. The van der Waals surface area contributed by atoms with E-state index in [1.54, 1.807) is 0 Å². The van der Waals surface area contributed by atoms with Gasteiger partial charge in [0.15, 0.2) is 5.78 Å². The van der Waals surface area contributed by atoms with Gasteiger partial charge in [0, 0.05) is 17.5 Å². The van der Waals surface area contributed by atoms with Crippen molar-refractivity contribution < 1.29 is 9.53 Å². The van der Waals surface area contributed by atoms with E-state index in [1.807, 2.05) is 12.1 Å². The summed E-state index contributed by atoms with van der Waals surface area (Å²) in [7, 11) is 0. The van der Waals surface area contributed by atoms with E-state index >= 15 is 0 Å². The number of benzene rings is 1. The molecular formula is C22H30BrNO2. The summed E-state index contributed by atoms with van der Waals surface area (Å²) in [5.41, 5.74) is 2.12. The smallest absolute Gasteiger partial charge is 0.180 e. The van der Waals surface area contributed by atoms with Crippen molar-refractivity contribution in [2.24, 2.45) is 11.8 Å². The molecule has 4 heteroatoms. The van der Waals surface area contributed by atoms with Crippen LogP contribution < -0.4 is 4.74 Å². The summed E-state index contributed by atoms with van der Waals surface area (Å²) in [4.78, 5) is 15.9. The van der Waals surface area contributed by atoms with Crippen LogP contribution in [0.2, 0.25) is 0 Å². The summed E-state index contributed by atoms with van der Waals surface area (Å²) >= 11 is 3.81. The quantitative estimate of drug-likeness (QED) is 0.593. The van der Waals surface area contributed by atoms with Gasteiger partial charge >= 0.3 is 0 Å². The van der Waals surface area contributed by atoms with Gasteiger partial charge in [-0.25, -0.2) is 0 Å². The molecule has 0 radical (unpaired) electrons. The van der Waals surface area contributed by atoms with Crippen LogP contribution in [0.25, 0.3) is 0 Å². The number of nitrogens with zero attached hydrogens (tertiary/aromatic N) is 1. The lowest BCUT2D eigenvalue weighted by Crippen LogP contribution is -2.61. The molecule has 0 unspecified atom stereocenters. The fraction of sp³-hybridized carbons (Fsp3) is 0.682. The van der Waals surface area contributed by atoms with Gasteiger partial charge in [0.05, 0.1) is 17.1 Å². The zero-order valence-corrected chi connectivity index (χ0v) is 17.8. The molecule has 0 aromatic heterocycles. The monoisotopic (exact) mass is 419 g/mol. The minimum absolute atomic E-state index is 0.0247. The maximum absolute atomic E-state index is 13.4. The first kappa shape index (κ1) is 18.5. The van der Waals surface area contributed by atoms with Gasteiger partial charge in [-0.3, -0.25) is 9.69 Å². The van der Waals surface area contributed by atoms with E-state index in [-0.39, 0.29) is 11.5 Å². The minimum atomic E-state index is 0.0247. The number of ether oxygens (including phenoxy) is 1. The zero-order valence-electron chi connectivity index (χ0n) is 16.2. The van der Waals surface area contributed by atoms with E-state index in [4.69, 9.17) is 4.74 Å².